The summed E-state index contributed by atoms with van der Waals surface area (Å²) in [4.78, 5) is 22.8. The molecule has 0 fully saturated rings. The quantitative estimate of drug-likeness (QED) is 0.321. The van der Waals surface area contributed by atoms with E-state index < -0.39 is 10.8 Å². The van der Waals surface area contributed by atoms with Crippen molar-refractivity contribution in [1.82, 2.24) is 15.6 Å². The molecule has 0 spiro atoms. The number of carbonyl (C=O) groups excluding carboxylic acids is 1. The van der Waals surface area contributed by atoms with Crippen LogP contribution in [0.3, 0.4) is 0 Å². The van der Waals surface area contributed by atoms with Crippen LogP contribution in [0.1, 0.15) is 16.1 Å². The number of benzene rings is 2. The molecule has 0 aliphatic heterocycles. The summed E-state index contributed by atoms with van der Waals surface area (Å²) in [7, 11) is 4.50. The number of rotatable bonds is 8. The van der Waals surface area contributed by atoms with Crippen molar-refractivity contribution in [2.24, 2.45) is 5.10 Å². The lowest BCUT2D eigenvalue weighted by molar-refractivity contribution is -0.384. The predicted molar refractivity (Wildman–Crippen MR) is 112 cm³/mol. The molecule has 2 aromatic carbocycles. The molecule has 1 amide bonds. The Morgan fingerprint density at radius 2 is 1.84 bits per heavy atom. The third-order valence-electron chi connectivity index (χ3n) is 4.24. The van der Waals surface area contributed by atoms with E-state index >= 15 is 0 Å². The first kappa shape index (κ1) is 21.3. The molecule has 11 heteroatoms. The lowest BCUT2D eigenvalue weighted by Crippen LogP contribution is -2.18. The number of hydrazone groups is 1. The van der Waals surface area contributed by atoms with Crippen molar-refractivity contribution in [2.45, 2.75) is 0 Å². The first-order valence-corrected chi connectivity index (χ1v) is 8.90. The molecule has 0 unspecified atom stereocenters. The Hall–Kier alpha value is -4.41. The number of nitro benzene ring substituents is 1. The highest BCUT2D eigenvalue weighted by molar-refractivity contribution is 5.94. The van der Waals surface area contributed by atoms with Gasteiger partial charge in [0.1, 0.15) is 5.69 Å². The number of aromatic nitrogens is 2. The van der Waals surface area contributed by atoms with Crippen LogP contribution in [0.2, 0.25) is 0 Å². The van der Waals surface area contributed by atoms with Gasteiger partial charge in [-0.05, 0) is 18.2 Å². The van der Waals surface area contributed by atoms with E-state index in [9.17, 15) is 14.9 Å². The zero-order valence-corrected chi connectivity index (χ0v) is 16.9. The zero-order chi connectivity index (χ0) is 22.4. The van der Waals surface area contributed by atoms with Crippen molar-refractivity contribution in [1.29, 1.82) is 0 Å². The number of hydrogen-bond donors (Lipinski definition) is 2. The number of hydrogen-bond acceptors (Lipinski definition) is 8. The van der Waals surface area contributed by atoms with E-state index in [4.69, 9.17) is 14.2 Å². The second-order valence-electron chi connectivity index (χ2n) is 6.13. The fraction of sp³-hybridized carbons (Fsp3) is 0.150. The van der Waals surface area contributed by atoms with Crippen molar-refractivity contribution in [2.75, 3.05) is 21.3 Å². The van der Waals surface area contributed by atoms with Crippen LogP contribution in [0, 0.1) is 10.1 Å². The van der Waals surface area contributed by atoms with Gasteiger partial charge in [0, 0.05) is 23.3 Å². The molecule has 0 aliphatic rings. The van der Waals surface area contributed by atoms with E-state index in [0.29, 0.717) is 34.1 Å². The first-order chi connectivity index (χ1) is 15.0. The fourth-order valence-corrected chi connectivity index (χ4v) is 2.77. The molecule has 0 radical (unpaired) electrons. The Morgan fingerprint density at radius 1 is 1.13 bits per heavy atom. The van der Waals surface area contributed by atoms with Gasteiger partial charge in [0.25, 0.3) is 11.6 Å². The van der Waals surface area contributed by atoms with Gasteiger partial charge in [-0.15, -0.1) is 0 Å². The molecule has 31 heavy (non-hydrogen) atoms. The highest BCUT2D eigenvalue weighted by Crippen LogP contribution is 2.37. The zero-order valence-electron chi connectivity index (χ0n) is 16.9. The fourth-order valence-electron chi connectivity index (χ4n) is 2.77. The van der Waals surface area contributed by atoms with E-state index in [1.54, 1.807) is 24.3 Å². The van der Waals surface area contributed by atoms with Gasteiger partial charge in [-0.25, -0.2) is 5.43 Å². The minimum Gasteiger partial charge on any atom is -0.493 e. The summed E-state index contributed by atoms with van der Waals surface area (Å²) in [5, 5.41) is 21.5. The van der Waals surface area contributed by atoms with E-state index in [1.165, 1.54) is 45.7 Å². The number of nitro groups is 1. The lowest BCUT2D eigenvalue weighted by Gasteiger charge is -2.12. The summed E-state index contributed by atoms with van der Waals surface area (Å²) in [6.07, 6.45) is 1.42. The lowest BCUT2D eigenvalue weighted by atomic mass is 10.1. The molecule has 2 N–H and O–H groups in total. The number of methoxy groups -OCH3 is 3. The Labute approximate surface area is 176 Å². The van der Waals surface area contributed by atoms with Crippen LogP contribution >= 0.6 is 0 Å². The molecule has 0 bridgehead atoms. The van der Waals surface area contributed by atoms with Gasteiger partial charge in [0.15, 0.2) is 11.5 Å². The third-order valence-corrected chi connectivity index (χ3v) is 4.24. The molecule has 0 aliphatic carbocycles. The summed E-state index contributed by atoms with van der Waals surface area (Å²) in [6.45, 7) is 0. The van der Waals surface area contributed by atoms with Crippen LogP contribution in [0.25, 0.3) is 11.3 Å². The van der Waals surface area contributed by atoms with Gasteiger partial charge in [-0.1, -0.05) is 12.1 Å². The molecule has 160 valence electrons. The van der Waals surface area contributed by atoms with Crippen molar-refractivity contribution >= 4 is 17.8 Å². The highest BCUT2D eigenvalue weighted by Gasteiger charge is 2.14. The van der Waals surface area contributed by atoms with E-state index in [0.717, 1.165) is 0 Å². The smallest absolute Gasteiger partial charge is 0.289 e. The second kappa shape index (κ2) is 9.39. The van der Waals surface area contributed by atoms with Crippen LogP contribution in [0.4, 0.5) is 5.69 Å². The van der Waals surface area contributed by atoms with Crippen LogP contribution in [-0.2, 0) is 0 Å². The first-order valence-electron chi connectivity index (χ1n) is 8.90. The van der Waals surface area contributed by atoms with E-state index in [2.05, 4.69) is 20.7 Å². The van der Waals surface area contributed by atoms with Gasteiger partial charge in [0.05, 0.1) is 38.2 Å². The average molecular weight is 425 g/mol. The van der Waals surface area contributed by atoms with Gasteiger partial charge in [0.2, 0.25) is 5.75 Å². The minimum atomic E-state index is -0.534. The standard InChI is InChI=1S/C20H19N5O6/c1-29-17-7-12(8-18(30-2)19(17)31-3)11-21-24-20(26)16-10-15(22-23-16)13-5-4-6-14(9-13)25(27)28/h4-11H,1-3H3,(H,22,23)(H,24,26). The molecular formula is C20H19N5O6. The number of non-ortho nitro benzene ring substituents is 1. The van der Waals surface area contributed by atoms with Gasteiger partial charge in [-0.2, -0.15) is 10.2 Å². The Kier molecular flexibility index (Phi) is 6.45. The second-order valence-corrected chi connectivity index (χ2v) is 6.13. The number of amides is 1. The number of H-pyrrole nitrogens is 1. The normalized spacial score (nSPS) is 10.7. The minimum absolute atomic E-state index is 0.0681. The molecular weight excluding hydrogens is 406 g/mol. The Morgan fingerprint density at radius 3 is 2.45 bits per heavy atom. The molecule has 1 aromatic heterocycles. The molecule has 0 atom stereocenters. The maximum absolute atomic E-state index is 12.3. The maximum Gasteiger partial charge on any atom is 0.289 e. The number of nitrogens with one attached hydrogen (secondary N) is 2. The van der Waals surface area contributed by atoms with Crippen LogP contribution in [0.15, 0.2) is 47.6 Å². The maximum atomic E-state index is 12.3. The van der Waals surface area contributed by atoms with Gasteiger partial charge >= 0.3 is 0 Å². The topological polar surface area (TPSA) is 141 Å². The van der Waals surface area contributed by atoms with Gasteiger partial charge < -0.3 is 14.2 Å². The van der Waals surface area contributed by atoms with Gasteiger partial charge in [-0.3, -0.25) is 20.0 Å². The molecule has 3 rings (SSSR count). The van der Waals surface area contributed by atoms with Crippen molar-refractivity contribution in [3.05, 3.63) is 63.8 Å². The molecule has 0 saturated carbocycles. The molecule has 3 aromatic rings. The monoisotopic (exact) mass is 425 g/mol. The summed E-state index contributed by atoms with van der Waals surface area (Å²) in [5.74, 6) is 0.805. The summed E-state index contributed by atoms with van der Waals surface area (Å²) in [5.41, 5.74) is 3.96. The van der Waals surface area contributed by atoms with Crippen LogP contribution in [0.5, 0.6) is 17.2 Å². The molecule has 0 saturated heterocycles. The number of nitrogens with zero attached hydrogens (tertiary/aromatic N) is 3. The van der Waals surface area contributed by atoms with Crippen LogP contribution < -0.4 is 19.6 Å². The SMILES string of the molecule is COc1cc(C=NNC(=O)c2cc(-c3cccc([N+](=O)[O-])c3)n[nH]2)cc(OC)c1OC. The highest BCUT2D eigenvalue weighted by atomic mass is 16.6. The van der Waals surface area contributed by atoms with Crippen molar-refractivity contribution < 1.29 is 23.9 Å². The largest absolute Gasteiger partial charge is 0.493 e. The Balaban J connectivity index is 1.73. The molecule has 1 heterocycles. The average Bonchev–Trinajstić information content (AvgIpc) is 3.28. The van der Waals surface area contributed by atoms with Crippen molar-refractivity contribution in [3.8, 4) is 28.5 Å². The Bertz CT molecular complexity index is 1120. The summed E-state index contributed by atoms with van der Waals surface area (Å²) >= 11 is 0. The third kappa shape index (κ3) is 4.78. The number of ether oxygens (including phenoxy) is 3. The predicted octanol–water partition coefficient (Wildman–Crippen LogP) is 2.77. The van der Waals surface area contributed by atoms with Crippen LogP contribution in [-0.4, -0.2) is 48.6 Å². The summed E-state index contributed by atoms with van der Waals surface area (Å²) < 4.78 is 15.8. The van der Waals surface area contributed by atoms with E-state index in [1.807, 2.05) is 0 Å². The summed E-state index contributed by atoms with van der Waals surface area (Å²) in [6, 6.07) is 10.8. The number of carbonyl (C=O) groups is 1. The number of aromatic amines is 1. The van der Waals surface area contributed by atoms with E-state index in [-0.39, 0.29) is 11.4 Å². The molecule has 11 nitrogen and oxygen atoms in total. The van der Waals surface area contributed by atoms with Crippen molar-refractivity contribution in [3.63, 3.8) is 0 Å².